The molecule has 44 heavy (non-hydrogen) atoms. The minimum absolute atomic E-state index is 0.183. The normalized spacial score (nSPS) is 13.9. The second-order valence-electron chi connectivity index (χ2n) is 12.9. The van der Waals surface area contributed by atoms with Crippen molar-refractivity contribution in [2.24, 2.45) is 0 Å². The summed E-state index contributed by atoms with van der Waals surface area (Å²) in [6.45, 7) is 4.86. The lowest BCUT2D eigenvalue weighted by Gasteiger charge is -2.25. The van der Waals surface area contributed by atoms with Crippen molar-refractivity contribution in [1.82, 2.24) is 4.57 Å². The number of aromatic nitrogens is 1. The van der Waals surface area contributed by atoms with Gasteiger partial charge in [0.05, 0.1) is 11.0 Å². The Balaban J connectivity index is 1.37. The largest absolute Gasteiger partial charge is 0.309 e. The van der Waals surface area contributed by atoms with Crippen molar-refractivity contribution in [1.29, 1.82) is 0 Å². The SMILES string of the molecule is CC1(C)c2cc3c(cc2-c2ccc4c5ccccc5c5cc6ccccc6cc5c4c21)c1ccccc1n3-c1ccccc1. The smallest absolute Gasteiger partial charge is 0.0544 e. The van der Waals surface area contributed by atoms with E-state index < -0.39 is 0 Å². The molecular formula is C43H29N. The topological polar surface area (TPSA) is 4.93 Å². The third-order valence-electron chi connectivity index (χ3n) is 10.3. The molecule has 1 nitrogen and oxygen atoms in total. The Hall–Kier alpha value is -5.40. The number of hydrogen-bond donors (Lipinski definition) is 0. The Kier molecular flexibility index (Phi) is 4.58. The average Bonchev–Trinajstić information content (AvgIpc) is 3.51. The Morgan fingerprint density at radius 3 is 1.84 bits per heavy atom. The molecule has 1 aliphatic rings. The number of rotatable bonds is 1. The van der Waals surface area contributed by atoms with Crippen molar-refractivity contribution >= 4 is 64.9 Å². The summed E-state index contributed by atoms with van der Waals surface area (Å²) >= 11 is 0. The van der Waals surface area contributed by atoms with E-state index >= 15 is 0 Å². The lowest BCUT2D eigenvalue weighted by Crippen LogP contribution is -2.16. The van der Waals surface area contributed by atoms with Crippen LogP contribution >= 0.6 is 0 Å². The summed E-state index contributed by atoms with van der Waals surface area (Å²) in [6, 6.07) is 52.0. The van der Waals surface area contributed by atoms with Crippen LogP contribution < -0.4 is 0 Å². The van der Waals surface area contributed by atoms with Crippen LogP contribution in [0.4, 0.5) is 0 Å². The Morgan fingerprint density at radius 2 is 1.07 bits per heavy atom. The summed E-state index contributed by atoms with van der Waals surface area (Å²) in [4.78, 5) is 0. The number of benzene rings is 8. The summed E-state index contributed by atoms with van der Waals surface area (Å²) in [5.41, 5.74) is 9.09. The van der Waals surface area contributed by atoms with Crippen molar-refractivity contribution in [3.8, 4) is 16.8 Å². The van der Waals surface area contributed by atoms with Gasteiger partial charge in [-0.2, -0.15) is 0 Å². The van der Waals surface area contributed by atoms with Gasteiger partial charge in [0.25, 0.3) is 0 Å². The van der Waals surface area contributed by atoms with Gasteiger partial charge in [-0.25, -0.2) is 0 Å². The van der Waals surface area contributed by atoms with E-state index in [1.165, 1.54) is 92.8 Å². The van der Waals surface area contributed by atoms with Crippen molar-refractivity contribution in [2.45, 2.75) is 19.3 Å². The first-order valence-corrected chi connectivity index (χ1v) is 15.5. The van der Waals surface area contributed by atoms with Gasteiger partial charge in [0.2, 0.25) is 0 Å². The molecule has 0 aliphatic heterocycles. The zero-order valence-electron chi connectivity index (χ0n) is 24.7. The molecular weight excluding hydrogens is 530 g/mol. The van der Waals surface area contributed by atoms with Crippen LogP contribution in [-0.4, -0.2) is 4.57 Å². The number of fused-ring (bicyclic) bond motifs is 14. The highest BCUT2D eigenvalue weighted by molar-refractivity contribution is 6.29. The molecule has 0 radical (unpaired) electrons. The van der Waals surface area contributed by atoms with Gasteiger partial charge in [-0.3, -0.25) is 0 Å². The van der Waals surface area contributed by atoms with E-state index in [9.17, 15) is 0 Å². The van der Waals surface area contributed by atoms with Gasteiger partial charge < -0.3 is 4.57 Å². The van der Waals surface area contributed by atoms with Crippen LogP contribution in [0.2, 0.25) is 0 Å². The summed E-state index contributed by atoms with van der Waals surface area (Å²) < 4.78 is 2.44. The van der Waals surface area contributed by atoms with Crippen LogP contribution in [0, 0.1) is 0 Å². The summed E-state index contributed by atoms with van der Waals surface area (Å²) in [5.74, 6) is 0. The van der Waals surface area contributed by atoms with Gasteiger partial charge in [0.1, 0.15) is 0 Å². The molecule has 1 heterocycles. The first-order chi connectivity index (χ1) is 21.6. The molecule has 206 valence electrons. The maximum atomic E-state index is 2.49. The van der Waals surface area contributed by atoms with Gasteiger partial charge in [0, 0.05) is 21.9 Å². The highest BCUT2D eigenvalue weighted by Gasteiger charge is 2.38. The van der Waals surface area contributed by atoms with Crippen LogP contribution in [0.5, 0.6) is 0 Å². The maximum absolute atomic E-state index is 2.49. The molecule has 1 aliphatic carbocycles. The highest BCUT2D eigenvalue weighted by atomic mass is 15.0. The van der Waals surface area contributed by atoms with E-state index in [4.69, 9.17) is 0 Å². The fourth-order valence-electron chi connectivity index (χ4n) is 8.35. The molecule has 1 aromatic heterocycles. The van der Waals surface area contributed by atoms with E-state index in [1.807, 2.05) is 0 Å². The molecule has 0 saturated heterocycles. The quantitative estimate of drug-likeness (QED) is 0.139. The van der Waals surface area contributed by atoms with E-state index in [1.54, 1.807) is 0 Å². The number of nitrogens with zero attached hydrogens (tertiary/aromatic N) is 1. The fourth-order valence-corrected chi connectivity index (χ4v) is 8.35. The van der Waals surface area contributed by atoms with Gasteiger partial charge in [-0.1, -0.05) is 111 Å². The molecule has 0 saturated carbocycles. The third kappa shape index (κ3) is 2.99. The minimum Gasteiger partial charge on any atom is -0.309 e. The molecule has 10 rings (SSSR count). The predicted octanol–water partition coefficient (Wildman–Crippen LogP) is 11.7. The van der Waals surface area contributed by atoms with Crippen LogP contribution in [0.25, 0.3) is 81.7 Å². The molecule has 8 aromatic carbocycles. The summed E-state index contributed by atoms with van der Waals surface area (Å²) in [7, 11) is 0. The van der Waals surface area contributed by atoms with Crippen LogP contribution in [0.1, 0.15) is 25.0 Å². The summed E-state index contributed by atoms with van der Waals surface area (Å²) in [5, 5.41) is 13.2. The lowest BCUT2D eigenvalue weighted by atomic mass is 9.78. The van der Waals surface area contributed by atoms with Gasteiger partial charge in [-0.15, -0.1) is 0 Å². The molecule has 0 unspecified atom stereocenters. The zero-order valence-corrected chi connectivity index (χ0v) is 24.7. The number of para-hydroxylation sites is 2. The Labute approximate surface area is 255 Å². The Morgan fingerprint density at radius 1 is 0.432 bits per heavy atom. The van der Waals surface area contributed by atoms with Gasteiger partial charge >= 0.3 is 0 Å². The molecule has 0 atom stereocenters. The molecule has 0 spiro atoms. The third-order valence-corrected chi connectivity index (χ3v) is 10.3. The van der Waals surface area contributed by atoms with Crippen molar-refractivity contribution in [3.05, 3.63) is 151 Å². The van der Waals surface area contributed by atoms with Crippen molar-refractivity contribution in [3.63, 3.8) is 0 Å². The fraction of sp³-hybridized carbons (Fsp3) is 0.0698. The molecule has 0 fully saturated rings. The van der Waals surface area contributed by atoms with Crippen LogP contribution in [0.15, 0.2) is 140 Å². The van der Waals surface area contributed by atoms with E-state index in [0.717, 1.165) is 0 Å². The standard InChI is InChI=1S/C43H29N/c1-43(2)38-25-40-36(31-18-10-11-19-39(31)44(40)28-14-4-3-5-15-28)24-35(38)33-21-20-32-29-16-8-9-17-30(29)34-22-26-12-6-7-13-27(26)23-37(34)41(32)42(33)43/h3-25H,1-2H3. The molecule has 1 heteroatoms. The molecule has 0 bridgehead atoms. The van der Waals surface area contributed by atoms with E-state index in [-0.39, 0.29) is 5.41 Å². The monoisotopic (exact) mass is 559 g/mol. The van der Waals surface area contributed by atoms with E-state index in [2.05, 4.69) is 158 Å². The van der Waals surface area contributed by atoms with E-state index in [0.29, 0.717) is 0 Å². The highest BCUT2D eigenvalue weighted by Crippen LogP contribution is 2.55. The zero-order chi connectivity index (χ0) is 29.2. The first-order valence-electron chi connectivity index (χ1n) is 15.5. The maximum Gasteiger partial charge on any atom is 0.0544 e. The number of hydrogen-bond acceptors (Lipinski definition) is 0. The Bertz CT molecular complexity index is 2670. The molecule has 0 N–H and O–H groups in total. The molecule has 0 amide bonds. The second-order valence-corrected chi connectivity index (χ2v) is 12.9. The van der Waals surface area contributed by atoms with Gasteiger partial charge in [0.15, 0.2) is 0 Å². The van der Waals surface area contributed by atoms with Crippen molar-refractivity contribution < 1.29 is 0 Å². The predicted molar refractivity (Wildman–Crippen MR) is 188 cm³/mol. The average molecular weight is 560 g/mol. The van der Waals surface area contributed by atoms with Crippen molar-refractivity contribution in [2.75, 3.05) is 0 Å². The summed E-state index contributed by atoms with van der Waals surface area (Å²) in [6.07, 6.45) is 0. The van der Waals surface area contributed by atoms with Gasteiger partial charge in [-0.05, 0) is 108 Å². The van der Waals surface area contributed by atoms with Crippen LogP contribution in [0.3, 0.4) is 0 Å². The minimum atomic E-state index is -0.183. The van der Waals surface area contributed by atoms with Crippen LogP contribution in [-0.2, 0) is 5.41 Å². The second kappa shape index (κ2) is 8.36. The molecule has 9 aromatic rings. The first kappa shape index (κ1) is 24.1. The lowest BCUT2D eigenvalue weighted by molar-refractivity contribution is 0.667.